The Bertz CT molecular complexity index is 2020. The molecule has 0 atom stereocenters. The normalized spacial score (nSPS) is 13.3. The van der Waals surface area contributed by atoms with Crippen molar-refractivity contribution in [2.24, 2.45) is 5.28 Å². The van der Waals surface area contributed by atoms with Gasteiger partial charge in [-0.2, -0.15) is 18.3 Å². The largest absolute Gasteiger partial charge is 0.569 e. The maximum atomic E-state index is 13.5. The van der Waals surface area contributed by atoms with Crippen LogP contribution in [-0.2, 0) is 25.8 Å². The molecule has 0 radical (unpaired) electrons. The van der Waals surface area contributed by atoms with Crippen molar-refractivity contribution in [2.75, 3.05) is 26.9 Å². The van der Waals surface area contributed by atoms with E-state index in [1.54, 1.807) is 41.1 Å². The summed E-state index contributed by atoms with van der Waals surface area (Å²) in [6.45, 7) is 0.889. The van der Waals surface area contributed by atoms with Crippen LogP contribution in [0.25, 0.3) is 16.9 Å². The van der Waals surface area contributed by atoms with Crippen LogP contribution in [-0.4, -0.2) is 77.9 Å². The van der Waals surface area contributed by atoms with Crippen LogP contribution in [0, 0.1) is 12.1 Å². The number of nitrogens with one attached hydrogen (secondary N) is 1. The number of fused-ring (bicyclic) bond motifs is 1. The second-order valence-corrected chi connectivity index (χ2v) is 12.5. The fourth-order valence-electron chi connectivity index (χ4n) is 4.71. The zero-order chi connectivity index (χ0) is 36.2. The van der Waals surface area contributed by atoms with E-state index in [4.69, 9.17) is 9.57 Å². The number of hydrogen-bond acceptors (Lipinski definition) is 10. The molecule has 19 heteroatoms. The predicted molar refractivity (Wildman–Crippen MR) is 167 cm³/mol. The Morgan fingerprint density at radius 1 is 1.02 bits per heavy atom. The van der Waals surface area contributed by atoms with Crippen LogP contribution in [0.2, 0.25) is 0 Å². The lowest BCUT2D eigenvalue weighted by atomic mass is 10.1. The Morgan fingerprint density at radius 2 is 1.64 bits per heavy atom. The number of hydrazine groups is 1. The number of amides is 3. The van der Waals surface area contributed by atoms with E-state index in [9.17, 15) is 41.2 Å². The minimum absolute atomic E-state index is 0.0288. The first-order chi connectivity index (χ1) is 23.7. The number of halogens is 3. The van der Waals surface area contributed by atoms with Crippen LogP contribution in [0.1, 0.15) is 38.4 Å². The first kappa shape index (κ1) is 35.3. The second kappa shape index (κ2) is 14.2. The first-order valence-corrected chi connectivity index (χ1v) is 16.1. The standard InChI is InChI=1S/C31H28F3N7O8S/c1-20-8-10-21(11-9-20)26-18-27(31(32,33)34)35-40(26)22-12-14-23(15-13-22)50(46,47)36-30(44)48-17-5-16-38(2)41(45)37-49-19-39-28(42)24-6-3-4-7-25(24)29(39)43/h3-4,6-15,18H,5,16-17,19H2,1-2H3,(H,36,44). The van der Waals surface area contributed by atoms with Gasteiger partial charge in [0.15, 0.2) is 5.69 Å². The highest BCUT2D eigenvalue weighted by Gasteiger charge is 2.36. The van der Waals surface area contributed by atoms with Gasteiger partial charge < -0.3 is 14.8 Å². The molecule has 262 valence electrons. The van der Waals surface area contributed by atoms with Crippen LogP contribution >= 0.6 is 0 Å². The van der Waals surface area contributed by atoms with Gasteiger partial charge in [-0.05, 0) is 49.4 Å². The van der Waals surface area contributed by atoms with E-state index in [2.05, 4.69) is 10.4 Å². The smallest absolute Gasteiger partial charge is 0.435 e. The number of aromatic nitrogens is 2. The molecule has 2 heterocycles. The fraction of sp³-hybridized carbons (Fsp3) is 0.226. The van der Waals surface area contributed by atoms with Gasteiger partial charge in [-0.1, -0.05) is 42.0 Å². The quantitative estimate of drug-likeness (QED) is 0.0713. The van der Waals surface area contributed by atoms with Crippen molar-refractivity contribution in [3.63, 3.8) is 0 Å². The van der Waals surface area contributed by atoms with E-state index in [-0.39, 0.29) is 51.9 Å². The van der Waals surface area contributed by atoms with Crippen molar-refractivity contribution in [2.45, 2.75) is 24.4 Å². The van der Waals surface area contributed by atoms with E-state index >= 15 is 0 Å². The third kappa shape index (κ3) is 7.83. The molecule has 5 rings (SSSR count). The van der Waals surface area contributed by atoms with Gasteiger partial charge in [-0.25, -0.2) is 27.5 Å². The van der Waals surface area contributed by atoms with E-state index in [1.165, 1.54) is 31.3 Å². The molecule has 4 aromatic rings. The molecule has 1 aliphatic rings. The highest BCUT2D eigenvalue weighted by atomic mass is 32.2. The average Bonchev–Trinajstić information content (AvgIpc) is 3.63. The van der Waals surface area contributed by atoms with Gasteiger partial charge in [0, 0.05) is 12.0 Å². The minimum Gasteiger partial charge on any atom is -0.569 e. The van der Waals surface area contributed by atoms with Gasteiger partial charge in [-0.15, -0.1) is 5.01 Å². The van der Waals surface area contributed by atoms with Crippen LogP contribution in [0.5, 0.6) is 0 Å². The molecule has 0 bridgehead atoms. The van der Waals surface area contributed by atoms with Crippen LogP contribution < -0.4 is 4.72 Å². The molecule has 0 aliphatic carbocycles. The fourth-order valence-corrected chi connectivity index (χ4v) is 5.60. The molecule has 0 saturated carbocycles. The number of carbonyl (C=O) groups excluding carboxylic acids is 3. The third-order valence-corrected chi connectivity index (χ3v) is 8.63. The monoisotopic (exact) mass is 715 g/mol. The summed E-state index contributed by atoms with van der Waals surface area (Å²) in [5.41, 5.74) is 0.891. The summed E-state index contributed by atoms with van der Waals surface area (Å²) in [4.78, 5) is 42.2. The van der Waals surface area contributed by atoms with Gasteiger partial charge in [0.25, 0.3) is 21.8 Å². The maximum Gasteiger partial charge on any atom is 0.435 e. The van der Waals surface area contributed by atoms with Crippen molar-refractivity contribution in [3.05, 3.63) is 106 Å². The summed E-state index contributed by atoms with van der Waals surface area (Å²) >= 11 is 0. The van der Waals surface area contributed by atoms with Crippen LogP contribution in [0.3, 0.4) is 0 Å². The molecule has 3 amide bonds. The Kier molecular flexibility index (Phi) is 10.1. The number of nitrogens with zero attached hydrogens (tertiary/aromatic N) is 6. The molecule has 1 aromatic heterocycles. The van der Waals surface area contributed by atoms with Crippen LogP contribution in [0.4, 0.5) is 18.0 Å². The number of rotatable bonds is 12. The van der Waals surface area contributed by atoms with Crippen molar-refractivity contribution in [1.82, 2.24) is 24.4 Å². The zero-order valence-corrected chi connectivity index (χ0v) is 27.1. The predicted octanol–water partition coefficient (Wildman–Crippen LogP) is 4.67. The lowest BCUT2D eigenvalue weighted by molar-refractivity contribution is -0.705. The zero-order valence-electron chi connectivity index (χ0n) is 26.3. The van der Waals surface area contributed by atoms with E-state index in [0.717, 1.165) is 38.4 Å². The Morgan fingerprint density at radius 3 is 2.24 bits per heavy atom. The molecular weight excluding hydrogens is 687 g/mol. The topological polar surface area (TPSA) is 179 Å². The molecule has 0 spiro atoms. The first-order valence-electron chi connectivity index (χ1n) is 14.7. The van der Waals surface area contributed by atoms with Gasteiger partial charge in [0.1, 0.15) is 0 Å². The lowest BCUT2D eigenvalue weighted by Gasteiger charge is -2.14. The van der Waals surface area contributed by atoms with E-state index in [1.807, 2.05) is 6.92 Å². The summed E-state index contributed by atoms with van der Waals surface area (Å²) in [6.07, 6.45) is -5.98. The maximum absolute atomic E-state index is 13.5. The molecule has 0 saturated heterocycles. The van der Waals surface area contributed by atoms with E-state index < -0.39 is 46.5 Å². The number of ether oxygens (including phenoxy) is 1. The van der Waals surface area contributed by atoms with Crippen molar-refractivity contribution in [3.8, 4) is 16.9 Å². The number of alkyl halides is 3. The molecule has 15 nitrogen and oxygen atoms in total. The minimum atomic E-state index is -4.72. The van der Waals surface area contributed by atoms with Gasteiger partial charge >= 0.3 is 12.3 Å². The summed E-state index contributed by atoms with van der Waals surface area (Å²) < 4.78 is 73.7. The van der Waals surface area contributed by atoms with Crippen LogP contribution in [0.15, 0.2) is 89.0 Å². The Balaban J connectivity index is 1.11. The molecule has 1 aliphatic heterocycles. The summed E-state index contributed by atoms with van der Waals surface area (Å²) in [5.74, 6) is -1.18. The van der Waals surface area contributed by atoms with Crippen molar-refractivity contribution in [1.29, 1.82) is 0 Å². The number of sulfonamides is 1. The summed E-state index contributed by atoms with van der Waals surface area (Å²) in [5, 5.41) is 20.1. The Hall–Kier alpha value is -5.98. The average molecular weight is 716 g/mol. The number of hydrogen-bond donors (Lipinski definition) is 1. The second-order valence-electron chi connectivity index (χ2n) is 10.8. The summed E-state index contributed by atoms with van der Waals surface area (Å²) in [6, 6.07) is 18.5. The van der Waals surface area contributed by atoms with Gasteiger partial charge in [-0.3, -0.25) is 9.59 Å². The molecule has 50 heavy (non-hydrogen) atoms. The molecule has 0 unspecified atom stereocenters. The number of benzene rings is 3. The third-order valence-electron chi connectivity index (χ3n) is 7.30. The molecule has 0 fully saturated rings. The SMILES string of the molecule is Cc1ccc(-c2cc(C(F)(F)F)nn2-c2ccc(S(=O)(=O)NC(=O)OCCCN(C)[N+]([O-])=NOCN3C(=O)c4ccccc4C3=O)cc2)cc1. The molecule has 1 N–H and O–H groups in total. The summed E-state index contributed by atoms with van der Waals surface area (Å²) in [7, 11) is -3.11. The van der Waals surface area contributed by atoms with Crippen molar-refractivity contribution < 1.29 is 50.5 Å². The molecular formula is C31H28F3N7O8S. The highest BCUT2D eigenvalue weighted by Crippen LogP contribution is 2.33. The lowest BCUT2D eigenvalue weighted by Crippen LogP contribution is -2.33. The molecule has 3 aromatic carbocycles. The number of aryl methyl sites for hydroxylation is 1. The number of carbonyl (C=O) groups is 3. The Labute approximate surface area is 282 Å². The van der Waals surface area contributed by atoms with Gasteiger partial charge in [0.05, 0.1) is 52.6 Å². The van der Waals surface area contributed by atoms with Crippen molar-refractivity contribution >= 4 is 27.9 Å². The highest BCUT2D eigenvalue weighted by molar-refractivity contribution is 7.90. The van der Waals surface area contributed by atoms with Gasteiger partial charge in [0.2, 0.25) is 12.0 Å². The van der Waals surface area contributed by atoms with E-state index in [0.29, 0.717) is 5.56 Å². The number of imide groups is 1.